The fourth-order valence-electron chi connectivity index (χ4n) is 1.89. The summed E-state index contributed by atoms with van der Waals surface area (Å²) in [6.07, 6.45) is 3.66. The Labute approximate surface area is 111 Å². The first kappa shape index (κ1) is 13.8. The molecular formula is C12H15NO5S. The monoisotopic (exact) mass is 285 g/mol. The third-order valence-corrected chi connectivity index (χ3v) is 4.65. The maximum Gasteiger partial charge on any atom is 0.339 e. The molecule has 0 aliphatic carbocycles. The van der Waals surface area contributed by atoms with E-state index in [2.05, 4.69) is 9.72 Å². The third kappa shape index (κ3) is 3.66. The lowest BCUT2D eigenvalue weighted by Gasteiger charge is -2.23. The van der Waals surface area contributed by atoms with Gasteiger partial charge in [-0.15, -0.1) is 0 Å². The van der Waals surface area contributed by atoms with Crippen molar-refractivity contribution in [3.05, 3.63) is 24.0 Å². The fraction of sp³-hybridized carbons (Fsp3) is 0.500. The van der Waals surface area contributed by atoms with Gasteiger partial charge in [0.15, 0.2) is 9.84 Å². The first-order valence-corrected chi connectivity index (χ1v) is 7.73. The van der Waals surface area contributed by atoms with E-state index in [1.165, 1.54) is 19.5 Å². The molecule has 7 heteroatoms. The van der Waals surface area contributed by atoms with Gasteiger partial charge in [0.25, 0.3) is 0 Å². The van der Waals surface area contributed by atoms with Gasteiger partial charge in [-0.2, -0.15) is 0 Å². The van der Waals surface area contributed by atoms with Crippen LogP contribution < -0.4 is 4.74 Å². The molecule has 1 aliphatic heterocycles. The Morgan fingerprint density at radius 2 is 2.00 bits per heavy atom. The van der Waals surface area contributed by atoms with Crippen molar-refractivity contribution in [2.45, 2.75) is 18.9 Å². The second-order valence-electron chi connectivity index (χ2n) is 4.37. The van der Waals surface area contributed by atoms with Crippen molar-refractivity contribution in [3.63, 3.8) is 0 Å². The lowest BCUT2D eigenvalue weighted by molar-refractivity contribution is 0.0599. The summed E-state index contributed by atoms with van der Waals surface area (Å²) in [6.45, 7) is 0. The first-order chi connectivity index (χ1) is 9.00. The predicted octanol–water partition coefficient (Wildman–Crippen LogP) is 0.824. The Balaban J connectivity index is 2.02. The van der Waals surface area contributed by atoms with Crippen molar-refractivity contribution in [1.82, 2.24) is 4.98 Å². The Hall–Kier alpha value is -1.63. The lowest BCUT2D eigenvalue weighted by Crippen LogP contribution is -2.30. The number of esters is 1. The van der Waals surface area contributed by atoms with E-state index in [0.29, 0.717) is 24.2 Å². The number of pyridine rings is 1. The molecule has 0 amide bonds. The largest absolute Gasteiger partial charge is 0.489 e. The minimum absolute atomic E-state index is 0.141. The summed E-state index contributed by atoms with van der Waals surface area (Å²) in [5.74, 6) is 0.250. The SMILES string of the molecule is COC(=O)c1cncc(OC2CCS(=O)(=O)CC2)c1. The van der Waals surface area contributed by atoms with Gasteiger partial charge in [0.2, 0.25) is 0 Å². The number of aromatic nitrogens is 1. The lowest BCUT2D eigenvalue weighted by atomic mass is 10.2. The highest BCUT2D eigenvalue weighted by Crippen LogP contribution is 2.20. The van der Waals surface area contributed by atoms with Crippen LogP contribution in [0.25, 0.3) is 0 Å². The van der Waals surface area contributed by atoms with Gasteiger partial charge < -0.3 is 9.47 Å². The van der Waals surface area contributed by atoms with E-state index in [1.807, 2.05) is 0 Å². The van der Waals surface area contributed by atoms with Gasteiger partial charge in [-0.05, 0) is 18.9 Å². The van der Waals surface area contributed by atoms with Crippen molar-refractivity contribution in [2.24, 2.45) is 0 Å². The van der Waals surface area contributed by atoms with Crippen LogP contribution in [0.3, 0.4) is 0 Å². The molecule has 19 heavy (non-hydrogen) atoms. The molecule has 1 fully saturated rings. The summed E-state index contributed by atoms with van der Waals surface area (Å²) in [5.41, 5.74) is 0.309. The molecule has 0 saturated carbocycles. The van der Waals surface area contributed by atoms with Gasteiger partial charge in [0.1, 0.15) is 11.9 Å². The average molecular weight is 285 g/mol. The van der Waals surface area contributed by atoms with Crippen molar-refractivity contribution >= 4 is 15.8 Å². The topological polar surface area (TPSA) is 82.6 Å². The number of carbonyl (C=O) groups is 1. The van der Waals surface area contributed by atoms with Crippen LogP contribution in [-0.4, -0.2) is 44.1 Å². The van der Waals surface area contributed by atoms with Crippen LogP contribution in [0, 0.1) is 0 Å². The molecule has 2 rings (SSSR count). The van der Waals surface area contributed by atoms with E-state index in [4.69, 9.17) is 4.74 Å². The molecule has 0 radical (unpaired) electrons. The Kier molecular flexibility index (Phi) is 4.04. The molecule has 0 spiro atoms. The van der Waals surface area contributed by atoms with Gasteiger partial charge in [-0.3, -0.25) is 4.98 Å². The highest BCUT2D eigenvalue weighted by molar-refractivity contribution is 7.91. The van der Waals surface area contributed by atoms with Crippen LogP contribution in [-0.2, 0) is 14.6 Å². The van der Waals surface area contributed by atoms with E-state index in [0.717, 1.165) is 0 Å². The number of carbonyl (C=O) groups excluding carboxylic acids is 1. The second kappa shape index (κ2) is 5.56. The van der Waals surface area contributed by atoms with E-state index in [1.54, 1.807) is 6.07 Å². The maximum atomic E-state index is 11.3. The normalized spacial score (nSPS) is 18.8. The quantitative estimate of drug-likeness (QED) is 0.765. The predicted molar refractivity (Wildman–Crippen MR) is 67.9 cm³/mol. The standard InChI is InChI=1S/C12H15NO5S/c1-17-12(14)9-6-11(8-13-7-9)18-10-2-4-19(15,16)5-3-10/h6-8,10H,2-5H2,1H3. The van der Waals surface area contributed by atoms with E-state index in [9.17, 15) is 13.2 Å². The highest BCUT2D eigenvalue weighted by atomic mass is 32.2. The number of ether oxygens (including phenoxy) is 2. The highest BCUT2D eigenvalue weighted by Gasteiger charge is 2.25. The Morgan fingerprint density at radius 1 is 1.32 bits per heavy atom. The summed E-state index contributed by atoms with van der Waals surface area (Å²) in [7, 11) is -1.61. The van der Waals surface area contributed by atoms with Gasteiger partial charge in [-0.25, -0.2) is 13.2 Å². The van der Waals surface area contributed by atoms with Gasteiger partial charge in [0.05, 0.1) is 30.4 Å². The van der Waals surface area contributed by atoms with E-state index < -0.39 is 15.8 Å². The van der Waals surface area contributed by atoms with Crippen LogP contribution in [0.2, 0.25) is 0 Å². The average Bonchev–Trinajstić information content (AvgIpc) is 2.41. The molecule has 0 N–H and O–H groups in total. The Bertz CT molecular complexity index is 555. The van der Waals surface area contributed by atoms with Crippen LogP contribution in [0.5, 0.6) is 5.75 Å². The number of hydrogen-bond acceptors (Lipinski definition) is 6. The van der Waals surface area contributed by atoms with Crippen molar-refractivity contribution in [3.8, 4) is 5.75 Å². The number of sulfone groups is 1. The third-order valence-electron chi connectivity index (χ3n) is 2.94. The summed E-state index contributed by atoms with van der Waals surface area (Å²) in [5, 5.41) is 0. The van der Waals surface area contributed by atoms with Gasteiger partial charge >= 0.3 is 5.97 Å². The molecule has 1 aliphatic rings. The van der Waals surface area contributed by atoms with E-state index in [-0.39, 0.29) is 17.6 Å². The molecular weight excluding hydrogens is 270 g/mol. The molecule has 0 atom stereocenters. The number of nitrogens with zero attached hydrogens (tertiary/aromatic N) is 1. The molecule has 0 unspecified atom stereocenters. The number of methoxy groups -OCH3 is 1. The molecule has 2 heterocycles. The zero-order valence-electron chi connectivity index (χ0n) is 10.5. The minimum Gasteiger partial charge on any atom is -0.489 e. The molecule has 1 aromatic rings. The molecule has 0 aromatic carbocycles. The minimum atomic E-state index is -2.90. The van der Waals surface area contributed by atoms with Gasteiger partial charge in [0, 0.05) is 6.20 Å². The summed E-state index contributed by atoms with van der Waals surface area (Å²) in [4.78, 5) is 15.2. The first-order valence-electron chi connectivity index (χ1n) is 5.90. The van der Waals surface area contributed by atoms with Crippen LogP contribution in [0.15, 0.2) is 18.5 Å². The summed E-state index contributed by atoms with van der Waals surface area (Å²) < 4.78 is 32.8. The van der Waals surface area contributed by atoms with Crippen LogP contribution in [0.1, 0.15) is 23.2 Å². The number of rotatable bonds is 3. The summed E-state index contributed by atoms with van der Waals surface area (Å²) in [6, 6.07) is 1.54. The Morgan fingerprint density at radius 3 is 2.63 bits per heavy atom. The molecule has 1 aromatic heterocycles. The van der Waals surface area contributed by atoms with Crippen molar-refractivity contribution < 1.29 is 22.7 Å². The van der Waals surface area contributed by atoms with E-state index >= 15 is 0 Å². The maximum absolute atomic E-state index is 11.3. The van der Waals surface area contributed by atoms with Crippen LogP contribution >= 0.6 is 0 Å². The molecule has 1 saturated heterocycles. The fourth-order valence-corrected chi connectivity index (χ4v) is 3.34. The second-order valence-corrected chi connectivity index (χ2v) is 6.67. The zero-order chi connectivity index (χ0) is 13.9. The smallest absolute Gasteiger partial charge is 0.339 e. The van der Waals surface area contributed by atoms with Crippen molar-refractivity contribution in [1.29, 1.82) is 0 Å². The zero-order valence-corrected chi connectivity index (χ0v) is 11.4. The van der Waals surface area contributed by atoms with Crippen molar-refractivity contribution in [2.75, 3.05) is 18.6 Å². The van der Waals surface area contributed by atoms with Crippen LogP contribution in [0.4, 0.5) is 0 Å². The van der Waals surface area contributed by atoms with Gasteiger partial charge in [-0.1, -0.05) is 0 Å². The summed E-state index contributed by atoms with van der Waals surface area (Å²) >= 11 is 0. The molecule has 6 nitrogen and oxygen atoms in total. The molecule has 0 bridgehead atoms. The number of hydrogen-bond donors (Lipinski definition) is 0. The molecule has 104 valence electrons.